The molecule has 0 amide bonds. The third-order valence-corrected chi connectivity index (χ3v) is 4.17. The Balaban J connectivity index is 0.00000529. The summed E-state index contributed by atoms with van der Waals surface area (Å²) >= 11 is 0. The molecule has 7 nitrogen and oxygen atoms in total. The van der Waals surface area contributed by atoms with Gasteiger partial charge in [0, 0.05) is 39.8 Å². The van der Waals surface area contributed by atoms with E-state index < -0.39 is 0 Å². The molecule has 8 heteroatoms. The summed E-state index contributed by atoms with van der Waals surface area (Å²) in [4.78, 5) is 20.9. The second kappa shape index (κ2) is 12.7. The van der Waals surface area contributed by atoms with Crippen LogP contribution in [-0.4, -0.2) is 88.9 Å². The van der Waals surface area contributed by atoms with E-state index in [1.165, 1.54) is 7.11 Å². The number of esters is 1. The Kier molecular flexibility index (Phi) is 12.4. The minimum absolute atomic E-state index is 0. The summed E-state index contributed by atoms with van der Waals surface area (Å²) in [5.41, 5.74) is 0. The molecule has 2 unspecified atom stereocenters. The number of ether oxygens (including phenoxy) is 2. The third kappa shape index (κ3) is 7.52. The molecule has 0 bridgehead atoms. The highest BCUT2D eigenvalue weighted by molar-refractivity contribution is 14.0. The van der Waals surface area contributed by atoms with E-state index in [2.05, 4.69) is 36.0 Å². The molecule has 0 aromatic carbocycles. The largest absolute Gasteiger partial charge is 0.469 e. The molecular formula is C16H33IN4O3. The molecule has 24 heavy (non-hydrogen) atoms. The van der Waals surface area contributed by atoms with Crippen LogP contribution < -0.4 is 5.32 Å². The van der Waals surface area contributed by atoms with Gasteiger partial charge >= 0.3 is 5.97 Å². The highest BCUT2D eigenvalue weighted by atomic mass is 127. The second-order valence-corrected chi connectivity index (χ2v) is 6.04. The highest BCUT2D eigenvalue weighted by Crippen LogP contribution is 2.24. The number of carbonyl (C=O) groups excluding carboxylic acids is 1. The molecule has 0 radical (unpaired) electrons. The standard InChI is InChI=1S/C16H32N4O3.HI/c1-6-17-16(18-7-8-19(3)9-10-22-4)20-11-13(2)14(12-20)15(21)23-5;/h13-14H,6-12H2,1-5H3,(H,17,18);1H. The van der Waals surface area contributed by atoms with Gasteiger partial charge in [0.2, 0.25) is 0 Å². The first-order valence-corrected chi connectivity index (χ1v) is 8.32. The van der Waals surface area contributed by atoms with Crippen molar-refractivity contribution in [3.05, 3.63) is 0 Å². The molecule has 1 fully saturated rings. The van der Waals surface area contributed by atoms with E-state index in [0.717, 1.165) is 45.3 Å². The fourth-order valence-corrected chi connectivity index (χ4v) is 2.71. The summed E-state index contributed by atoms with van der Waals surface area (Å²) in [7, 11) is 5.22. The fraction of sp³-hybridized carbons (Fsp3) is 0.875. The van der Waals surface area contributed by atoms with Gasteiger partial charge in [0.05, 0.1) is 26.2 Å². The molecule has 0 aromatic rings. The Bertz CT molecular complexity index is 396. The van der Waals surface area contributed by atoms with E-state index in [0.29, 0.717) is 6.54 Å². The molecular weight excluding hydrogens is 423 g/mol. The molecule has 142 valence electrons. The molecule has 1 rings (SSSR count). The first-order chi connectivity index (χ1) is 11.0. The number of hydrogen-bond acceptors (Lipinski definition) is 5. The van der Waals surface area contributed by atoms with Crippen LogP contribution in [0.2, 0.25) is 0 Å². The zero-order chi connectivity index (χ0) is 17.2. The predicted octanol–water partition coefficient (Wildman–Crippen LogP) is 0.889. The minimum atomic E-state index is -0.129. The van der Waals surface area contributed by atoms with Crippen LogP contribution in [0.25, 0.3) is 0 Å². The molecule has 0 aromatic heterocycles. The molecule has 1 aliphatic rings. The topological polar surface area (TPSA) is 66.4 Å². The van der Waals surface area contributed by atoms with Gasteiger partial charge in [-0.2, -0.15) is 0 Å². The smallest absolute Gasteiger partial charge is 0.310 e. The number of halogens is 1. The van der Waals surface area contributed by atoms with E-state index in [4.69, 9.17) is 14.5 Å². The average molecular weight is 456 g/mol. The number of likely N-dealkylation sites (tertiary alicyclic amines) is 1. The number of carbonyl (C=O) groups is 1. The molecule has 1 saturated heterocycles. The fourth-order valence-electron chi connectivity index (χ4n) is 2.71. The molecule has 1 N–H and O–H groups in total. The monoisotopic (exact) mass is 456 g/mol. The SMILES string of the molecule is CCNC(=NCCN(C)CCOC)N1CC(C)C(C(=O)OC)C1.I. The Hall–Kier alpha value is -0.610. The molecule has 0 spiro atoms. The summed E-state index contributed by atoms with van der Waals surface area (Å²) in [6.07, 6.45) is 0. The van der Waals surface area contributed by atoms with Gasteiger partial charge in [0.15, 0.2) is 5.96 Å². The van der Waals surface area contributed by atoms with Crippen LogP contribution in [0.1, 0.15) is 13.8 Å². The van der Waals surface area contributed by atoms with Crippen molar-refractivity contribution in [3.8, 4) is 0 Å². The molecule has 0 aliphatic carbocycles. The van der Waals surface area contributed by atoms with Crippen molar-refractivity contribution in [2.75, 3.05) is 67.1 Å². The van der Waals surface area contributed by atoms with Crippen molar-refractivity contribution >= 4 is 35.9 Å². The van der Waals surface area contributed by atoms with Gasteiger partial charge in [0.25, 0.3) is 0 Å². The minimum Gasteiger partial charge on any atom is -0.469 e. The Labute approximate surface area is 163 Å². The van der Waals surface area contributed by atoms with Crippen LogP contribution in [0, 0.1) is 11.8 Å². The van der Waals surface area contributed by atoms with E-state index in [-0.39, 0.29) is 41.8 Å². The van der Waals surface area contributed by atoms with Crippen LogP contribution in [0.15, 0.2) is 4.99 Å². The normalized spacial score (nSPS) is 20.9. The van der Waals surface area contributed by atoms with Gasteiger partial charge < -0.3 is 24.6 Å². The van der Waals surface area contributed by atoms with Crippen molar-refractivity contribution in [1.29, 1.82) is 0 Å². The molecule has 1 aliphatic heterocycles. The number of hydrogen-bond donors (Lipinski definition) is 1. The van der Waals surface area contributed by atoms with E-state index >= 15 is 0 Å². The van der Waals surface area contributed by atoms with Gasteiger partial charge in [-0.1, -0.05) is 6.92 Å². The van der Waals surface area contributed by atoms with Crippen LogP contribution in [0.3, 0.4) is 0 Å². The third-order valence-electron chi connectivity index (χ3n) is 4.17. The number of rotatable bonds is 8. The van der Waals surface area contributed by atoms with Crippen LogP contribution in [0.4, 0.5) is 0 Å². The average Bonchev–Trinajstić information content (AvgIpc) is 2.93. The summed E-state index contributed by atoms with van der Waals surface area (Å²) < 4.78 is 9.97. The van der Waals surface area contributed by atoms with Crippen LogP contribution in [-0.2, 0) is 14.3 Å². The Morgan fingerprint density at radius 3 is 2.62 bits per heavy atom. The van der Waals surface area contributed by atoms with Crippen molar-refractivity contribution in [3.63, 3.8) is 0 Å². The first-order valence-electron chi connectivity index (χ1n) is 8.32. The zero-order valence-corrected chi connectivity index (χ0v) is 17.9. The Morgan fingerprint density at radius 1 is 1.33 bits per heavy atom. The molecule has 0 saturated carbocycles. The second-order valence-electron chi connectivity index (χ2n) is 6.04. The molecule has 2 atom stereocenters. The summed E-state index contributed by atoms with van der Waals surface area (Å²) in [6.45, 7) is 9.66. The highest BCUT2D eigenvalue weighted by Gasteiger charge is 2.36. The number of methoxy groups -OCH3 is 2. The van der Waals surface area contributed by atoms with E-state index in [1.54, 1.807) is 7.11 Å². The maximum atomic E-state index is 11.8. The van der Waals surface area contributed by atoms with Gasteiger partial charge in [-0.3, -0.25) is 9.79 Å². The summed E-state index contributed by atoms with van der Waals surface area (Å²) in [5, 5.41) is 3.32. The first kappa shape index (κ1) is 23.4. The van der Waals surface area contributed by atoms with Gasteiger partial charge in [-0.05, 0) is 19.9 Å². The van der Waals surface area contributed by atoms with Crippen molar-refractivity contribution in [1.82, 2.24) is 15.1 Å². The quantitative estimate of drug-likeness (QED) is 0.253. The Morgan fingerprint density at radius 2 is 2.04 bits per heavy atom. The van der Waals surface area contributed by atoms with Crippen molar-refractivity contribution < 1.29 is 14.3 Å². The predicted molar refractivity (Wildman–Crippen MR) is 107 cm³/mol. The van der Waals surface area contributed by atoms with Crippen molar-refractivity contribution in [2.24, 2.45) is 16.8 Å². The lowest BCUT2D eigenvalue weighted by Crippen LogP contribution is -2.41. The van der Waals surface area contributed by atoms with Gasteiger partial charge in [0.1, 0.15) is 0 Å². The number of aliphatic imine (C=N–C) groups is 1. The van der Waals surface area contributed by atoms with Crippen molar-refractivity contribution in [2.45, 2.75) is 13.8 Å². The van der Waals surface area contributed by atoms with Gasteiger partial charge in [-0.15, -0.1) is 24.0 Å². The van der Waals surface area contributed by atoms with Gasteiger partial charge in [-0.25, -0.2) is 0 Å². The number of nitrogens with one attached hydrogen (secondary N) is 1. The maximum absolute atomic E-state index is 11.8. The van der Waals surface area contributed by atoms with Crippen LogP contribution >= 0.6 is 24.0 Å². The lowest BCUT2D eigenvalue weighted by atomic mass is 9.99. The van der Waals surface area contributed by atoms with E-state index in [1.807, 2.05) is 0 Å². The number of nitrogens with zero attached hydrogens (tertiary/aromatic N) is 3. The summed E-state index contributed by atoms with van der Waals surface area (Å²) in [5.74, 6) is 0.949. The lowest BCUT2D eigenvalue weighted by molar-refractivity contribution is -0.145. The summed E-state index contributed by atoms with van der Waals surface area (Å²) in [6, 6.07) is 0. The number of guanidine groups is 1. The lowest BCUT2D eigenvalue weighted by Gasteiger charge is -2.22. The molecule has 1 heterocycles. The zero-order valence-electron chi connectivity index (χ0n) is 15.6. The van der Waals surface area contributed by atoms with E-state index in [9.17, 15) is 4.79 Å². The van der Waals surface area contributed by atoms with Crippen LogP contribution in [0.5, 0.6) is 0 Å². The number of likely N-dealkylation sites (N-methyl/N-ethyl adjacent to an activating group) is 1. The maximum Gasteiger partial charge on any atom is 0.310 e.